The predicted octanol–water partition coefficient (Wildman–Crippen LogP) is 3.01. The second kappa shape index (κ2) is 4.54. The Labute approximate surface area is 118 Å². The van der Waals surface area contributed by atoms with E-state index in [1.54, 1.807) is 12.1 Å². The molecule has 104 valence electrons. The van der Waals surface area contributed by atoms with Gasteiger partial charge in [-0.1, -0.05) is 12.1 Å². The molecule has 1 aromatic carbocycles. The normalized spacial score (nSPS) is 14.3. The Balaban J connectivity index is 2.07. The second-order valence-corrected chi connectivity index (χ2v) is 5.84. The van der Waals surface area contributed by atoms with Crippen LogP contribution in [-0.2, 0) is 18.3 Å². The van der Waals surface area contributed by atoms with Gasteiger partial charge in [0.05, 0.1) is 0 Å². The summed E-state index contributed by atoms with van der Waals surface area (Å²) in [6.45, 7) is 4.08. The molecule has 0 amide bonds. The van der Waals surface area contributed by atoms with E-state index in [4.69, 9.17) is 10.7 Å². The zero-order valence-corrected chi connectivity index (χ0v) is 11.8. The molecule has 2 aromatic rings. The van der Waals surface area contributed by atoms with Crippen LogP contribution >= 0.6 is 0 Å². The molecular formula is C16H18FN3. The van der Waals surface area contributed by atoms with E-state index < -0.39 is 0 Å². The number of nitrogens with zero attached hydrogens (tertiary/aromatic N) is 2. The quantitative estimate of drug-likeness (QED) is 0.913. The fourth-order valence-corrected chi connectivity index (χ4v) is 2.74. The molecule has 3 rings (SSSR count). The fourth-order valence-electron chi connectivity index (χ4n) is 2.74. The lowest BCUT2D eigenvalue weighted by atomic mass is 9.83. The summed E-state index contributed by atoms with van der Waals surface area (Å²) in [6.07, 6.45) is 3.03. The van der Waals surface area contributed by atoms with Crippen molar-refractivity contribution >= 4 is 5.82 Å². The topological polar surface area (TPSA) is 51.8 Å². The molecule has 1 aromatic heterocycles. The van der Waals surface area contributed by atoms with Crippen molar-refractivity contribution in [1.82, 2.24) is 9.97 Å². The zero-order chi connectivity index (χ0) is 14.3. The minimum atomic E-state index is -0.389. The Morgan fingerprint density at radius 3 is 2.50 bits per heavy atom. The van der Waals surface area contributed by atoms with E-state index >= 15 is 0 Å². The minimum Gasteiger partial charge on any atom is -0.383 e. The Hall–Kier alpha value is -1.97. The highest BCUT2D eigenvalue weighted by Crippen LogP contribution is 2.32. The number of nitrogens with two attached hydrogens (primary N) is 1. The molecule has 0 atom stereocenters. The van der Waals surface area contributed by atoms with E-state index in [0.29, 0.717) is 11.6 Å². The van der Waals surface area contributed by atoms with Crippen LogP contribution in [0, 0.1) is 5.82 Å². The predicted molar refractivity (Wildman–Crippen MR) is 77.0 cm³/mol. The SMILES string of the molecule is CC(C)(c1ccc(F)cc1)c1nc(N)c2c(n1)CCC2. The molecule has 2 N–H and O–H groups in total. The van der Waals surface area contributed by atoms with Gasteiger partial charge >= 0.3 is 0 Å². The van der Waals surface area contributed by atoms with Crippen LogP contribution in [0.2, 0.25) is 0 Å². The van der Waals surface area contributed by atoms with Crippen LogP contribution < -0.4 is 5.73 Å². The van der Waals surface area contributed by atoms with Crippen molar-refractivity contribution in [3.8, 4) is 0 Å². The molecule has 0 bridgehead atoms. The summed E-state index contributed by atoms with van der Waals surface area (Å²) in [7, 11) is 0. The van der Waals surface area contributed by atoms with Gasteiger partial charge in [0.1, 0.15) is 17.5 Å². The fraction of sp³-hybridized carbons (Fsp3) is 0.375. The summed E-state index contributed by atoms with van der Waals surface area (Å²) in [5, 5.41) is 0. The van der Waals surface area contributed by atoms with E-state index in [1.807, 2.05) is 13.8 Å². The van der Waals surface area contributed by atoms with Crippen LogP contribution in [0.4, 0.5) is 10.2 Å². The lowest BCUT2D eigenvalue weighted by Gasteiger charge is -2.24. The summed E-state index contributed by atoms with van der Waals surface area (Å²) < 4.78 is 13.1. The molecular weight excluding hydrogens is 253 g/mol. The maximum absolute atomic E-state index is 13.1. The van der Waals surface area contributed by atoms with Gasteiger partial charge in [0.15, 0.2) is 0 Å². The first-order chi connectivity index (χ1) is 9.48. The number of fused-ring (bicyclic) bond motifs is 1. The number of benzene rings is 1. The van der Waals surface area contributed by atoms with Gasteiger partial charge in [-0.2, -0.15) is 0 Å². The number of nitrogen functional groups attached to an aromatic ring is 1. The Morgan fingerprint density at radius 2 is 1.80 bits per heavy atom. The molecule has 0 saturated heterocycles. The van der Waals surface area contributed by atoms with Crippen LogP contribution in [0.5, 0.6) is 0 Å². The van der Waals surface area contributed by atoms with Crippen LogP contribution in [0.25, 0.3) is 0 Å². The number of rotatable bonds is 2. The molecule has 1 aliphatic carbocycles. The minimum absolute atomic E-state index is 0.237. The summed E-state index contributed by atoms with van der Waals surface area (Å²) in [5.74, 6) is 1.07. The molecule has 1 aliphatic rings. The van der Waals surface area contributed by atoms with Gasteiger partial charge in [-0.3, -0.25) is 0 Å². The van der Waals surface area contributed by atoms with E-state index in [1.165, 1.54) is 12.1 Å². The third-order valence-electron chi connectivity index (χ3n) is 4.09. The molecule has 0 saturated carbocycles. The van der Waals surface area contributed by atoms with Crippen molar-refractivity contribution in [2.45, 2.75) is 38.5 Å². The molecule has 20 heavy (non-hydrogen) atoms. The summed E-state index contributed by atoms with van der Waals surface area (Å²) >= 11 is 0. The van der Waals surface area contributed by atoms with Crippen molar-refractivity contribution in [3.05, 3.63) is 52.7 Å². The number of anilines is 1. The van der Waals surface area contributed by atoms with Crippen molar-refractivity contribution in [3.63, 3.8) is 0 Å². The van der Waals surface area contributed by atoms with Gasteiger partial charge in [0.2, 0.25) is 0 Å². The van der Waals surface area contributed by atoms with Gasteiger partial charge in [0.25, 0.3) is 0 Å². The van der Waals surface area contributed by atoms with Gasteiger partial charge in [0, 0.05) is 16.7 Å². The number of aromatic nitrogens is 2. The molecule has 0 fully saturated rings. The van der Waals surface area contributed by atoms with E-state index in [2.05, 4.69) is 4.98 Å². The summed E-state index contributed by atoms with van der Waals surface area (Å²) in [6, 6.07) is 6.49. The average molecular weight is 271 g/mol. The first-order valence-corrected chi connectivity index (χ1v) is 6.90. The average Bonchev–Trinajstić information content (AvgIpc) is 2.88. The highest BCUT2D eigenvalue weighted by Gasteiger charge is 2.29. The maximum atomic E-state index is 13.1. The second-order valence-electron chi connectivity index (χ2n) is 5.84. The number of hydrogen-bond acceptors (Lipinski definition) is 3. The number of halogens is 1. The highest BCUT2D eigenvalue weighted by molar-refractivity contribution is 5.46. The van der Waals surface area contributed by atoms with Gasteiger partial charge < -0.3 is 5.73 Å². The molecule has 0 radical (unpaired) electrons. The van der Waals surface area contributed by atoms with E-state index in [9.17, 15) is 4.39 Å². The molecule has 3 nitrogen and oxygen atoms in total. The largest absolute Gasteiger partial charge is 0.383 e. The third kappa shape index (κ3) is 2.05. The first kappa shape index (κ1) is 13.0. The third-order valence-corrected chi connectivity index (χ3v) is 4.09. The molecule has 1 heterocycles. The van der Waals surface area contributed by atoms with Crippen molar-refractivity contribution in [2.75, 3.05) is 5.73 Å². The standard InChI is InChI=1S/C16H18FN3/c1-16(2,10-6-8-11(17)9-7-10)15-19-13-5-3-4-12(13)14(18)20-15/h6-9H,3-5H2,1-2H3,(H2,18,19,20). The van der Waals surface area contributed by atoms with Crippen LogP contribution in [0.3, 0.4) is 0 Å². The van der Waals surface area contributed by atoms with Gasteiger partial charge in [-0.15, -0.1) is 0 Å². The van der Waals surface area contributed by atoms with Crippen LogP contribution in [0.15, 0.2) is 24.3 Å². The van der Waals surface area contributed by atoms with Gasteiger partial charge in [-0.25, -0.2) is 14.4 Å². The van der Waals surface area contributed by atoms with Gasteiger partial charge in [-0.05, 0) is 50.8 Å². The monoisotopic (exact) mass is 271 g/mol. The Kier molecular flexibility index (Phi) is 2.96. The number of aryl methyl sites for hydroxylation is 1. The Bertz CT molecular complexity index is 648. The Morgan fingerprint density at radius 1 is 1.10 bits per heavy atom. The maximum Gasteiger partial charge on any atom is 0.140 e. The van der Waals surface area contributed by atoms with Crippen LogP contribution in [-0.4, -0.2) is 9.97 Å². The van der Waals surface area contributed by atoms with E-state index in [0.717, 1.165) is 36.1 Å². The van der Waals surface area contributed by atoms with Crippen LogP contribution in [0.1, 0.15) is 42.9 Å². The molecule has 0 unspecified atom stereocenters. The zero-order valence-electron chi connectivity index (χ0n) is 11.8. The lowest BCUT2D eigenvalue weighted by Crippen LogP contribution is -2.24. The lowest BCUT2D eigenvalue weighted by molar-refractivity contribution is 0.580. The number of hydrogen-bond donors (Lipinski definition) is 1. The molecule has 4 heteroatoms. The smallest absolute Gasteiger partial charge is 0.140 e. The van der Waals surface area contributed by atoms with E-state index in [-0.39, 0.29) is 11.2 Å². The van der Waals surface area contributed by atoms with Crippen molar-refractivity contribution in [2.24, 2.45) is 0 Å². The van der Waals surface area contributed by atoms with Crippen molar-refractivity contribution in [1.29, 1.82) is 0 Å². The summed E-state index contributed by atoms with van der Waals surface area (Å²) in [4.78, 5) is 9.19. The highest BCUT2D eigenvalue weighted by atomic mass is 19.1. The first-order valence-electron chi connectivity index (χ1n) is 6.90. The van der Waals surface area contributed by atoms with Crippen molar-refractivity contribution < 1.29 is 4.39 Å². The summed E-state index contributed by atoms with van der Waals surface area (Å²) in [5.41, 5.74) is 8.83. The molecule has 0 spiro atoms. The molecule has 0 aliphatic heterocycles.